The molecule has 2 rings (SSSR count). The zero-order valence-electron chi connectivity index (χ0n) is 16.5. The van der Waals surface area contributed by atoms with E-state index >= 15 is 0 Å². The second kappa shape index (κ2) is 13.0. The van der Waals surface area contributed by atoms with Crippen molar-refractivity contribution in [3.8, 4) is 37.0 Å². The van der Waals surface area contributed by atoms with Crippen LogP contribution in [0.3, 0.4) is 0 Å². The fourth-order valence-electron chi connectivity index (χ4n) is 3.06. The van der Waals surface area contributed by atoms with Crippen molar-refractivity contribution in [2.45, 2.75) is 37.3 Å². The van der Waals surface area contributed by atoms with Crippen LogP contribution in [0.2, 0.25) is 0 Å². The third-order valence-electron chi connectivity index (χ3n) is 4.26. The monoisotopic (exact) mass is 398 g/mol. The number of benzene rings is 1. The first-order valence-corrected chi connectivity index (χ1v) is 9.20. The molecular weight excluding hydrogens is 372 g/mol. The summed E-state index contributed by atoms with van der Waals surface area (Å²) in [4.78, 5) is 0. The maximum atomic E-state index is 6.11. The molecule has 0 radical (unpaired) electrons. The van der Waals surface area contributed by atoms with Crippen molar-refractivity contribution in [2.75, 3.05) is 33.5 Å². The van der Waals surface area contributed by atoms with E-state index in [2.05, 4.69) is 17.8 Å². The normalized spacial score (nSPS) is 26.2. The predicted octanol–water partition coefficient (Wildman–Crippen LogP) is 1.63. The Hall–Kier alpha value is -2.34. The molecule has 0 amide bonds. The molecule has 0 bridgehead atoms. The summed E-state index contributed by atoms with van der Waals surface area (Å²) in [6.07, 6.45) is 13.0. The summed E-state index contributed by atoms with van der Waals surface area (Å²) >= 11 is 0. The van der Waals surface area contributed by atoms with Gasteiger partial charge in [0.05, 0.1) is 13.2 Å². The zero-order valence-corrected chi connectivity index (χ0v) is 16.5. The van der Waals surface area contributed by atoms with Gasteiger partial charge in [0, 0.05) is 7.11 Å². The summed E-state index contributed by atoms with van der Waals surface area (Å²) in [5.41, 5.74) is 0.988. The van der Waals surface area contributed by atoms with Crippen LogP contribution >= 0.6 is 0 Å². The van der Waals surface area contributed by atoms with Crippen molar-refractivity contribution in [1.82, 2.24) is 0 Å². The van der Waals surface area contributed by atoms with Crippen molar-refractivity contribution in [3.63, 3.8) is 0 Å². The molecule has 5 atom stereocenters. The average Bonchev–Trinajstić information content (AvgIpc) is 2.75. The van der Waals surface area contributed by atoms with Gasteiger partial charge in [0.1, 0.15) is 44.2 Å². The van der Waals surface area contributed by atoms with Gasteiger partial charge in [0.25, 0.3) is 0 Å². The molecular formula is C23H26O6. The first kappa shape index (κ1) is 22.9. The van der Waals surface area contributed by atoms with E-state index in [1.807, 2.05) is 30.3 Å². The lowest BCUT2D eigenvalue weighted by Gasteiger charge is -2.45. The standard InChI is InChI=1S/C23H26O6/c1-5-13-25-20-19(17-24-4)29-23(28-16-18-11-9-8-10-12-18)22(27-15-7-3)21(20)26-14-6-2/h1-3,8-12,19-23H,13-17H2,4H3/t19-,20-,21+,22+,23+/m1/s1. The van der Waals surface area contributed by atoms with E-state index in [-0.39, 0.29) is 26.4 Å². The SMILES string of the molecule is C#CCO[C@@H]1[C@H](OCC#C)[C@@H](OCc2ccccc2)O[C@H](COC)[C@H]1OCC#C. The van der Waals surface area contributed by atoms with Gasteiger partial charge in [-0.15, -0.1) is 19.3 Å². The lowest BCUT2D eigenvalue weighted by molar-refractivity contribution is -0.321. The van der Waals surface area contributed by atoms with Crippen LogP contribution in [-0.2, 0) is 35.0 Å². The minimum Gasteiger partial charge on any atom is -0.382 e. The summed E-state index contributed by atoms with van der Waals surface area (Å²) in [6.45, 7) is 0.742. The molecule has 0 unspecified atom stereocenters. The van der Waals surface area contributed by atoms with E-state index in [1.54, 1.807) is 7.11 Å². The molecule has 0 spiro atoms. The highest BCUT2D eigenvalue weighted by Crippen LogP contribution is 2.29. The maximum absolute atomic E-state index is 6.11. The van der Waals surface area contributed by atoms with E-state index in [0.29, 0.717) is 6.61 Å². The molecule has 0 aliphatic carbocycles. The van der Waals surface area contributed by atoms with Crippen LogP contribution in [-0.4, -0.2) is 64.2 Å². The number of rotatable bonds is 11. The highest BCUT2D eigenvalue weighted by atomic mass is 16.7. The molecule has 1 heterocycles. The number of hydrogen-bond acceptors (Lipinski definition) is 6. The van der Waals surface area contributed by atoms with Crippen molar-refractivity contribution in [3.05, 3.63) is 35.9 Å². The average molecular weight is 398 g/mol. The molecule has 6 heteroatoms. The van der Waals surface area contributed by atoms with Crippen LogP contribution in [0, 0.1) is 37.0 Å². The molecule has 29 heavy (non-hydrogen) atoms. The Labute approximate surface area is 172 Å². The van der Waals surface area contributed by atoms with Gasteiger partial charge in [0.15, 0.2) is 6.29 Å². The highest BCUT2D eigenvalue weighted by Gasteiger charge is 2.48. The summed E-state index contributed by atoms with van der Waals surface area (Å²) < 4.78 is 34.9. The second-order valence-electron chi connectivity index (χ2n) is 6.23. The predicted molar refractivity (Wildman–Crippen MR) is 107 cm³/mol. The Morgan fingerprint density at radius 3 is 2.00 bits per heavy atom. The minimum atomic E-state index is -0.767. The van der Waals surface area contributed by atoms with E-state index in [4.69, 9.17) is 47.7 Å². The summed E-state index contributed by atoms with van der Waals surface area (Å²) in [5.74, 6) is 7.37. The highest BCUT2D eigenvalue weighted by molar-refractivity contribution is 5.13. The van der Waals surface area contributed by atoms with Gasteiger partial charge in [-0.1, -0.05) is 48.1 Å². The van der Waals surface area contributed by atoms with Crippen molar-refractivity contribution in [2.24, 2.45) is 0 Å². The van der Waals surface area contributed by atoms with E-state index < -0.39 is 30.7 Å². The van der Waals surface area contributed by atoms with Crippen LogP contribution in [0.25, 0.3) is 0 Å². The molecule has 1 aliphatic heterocycles. The molecule has 0 N–H and O–H groups in total. The van der Waals surface area contributed by atoms with Crippen molar-refractivity contribution < 1.29 is 28.4 Å². The second-order valence-corrected chi connectivity index (χ2v) is 6.23. The molecule has 1 aliphatic rings. The molecule has 0 saturated carbocycles. The van der Waals surface area contributed by atoms with Crippen LogP contribution in [0.4, 0.5) is 0 Å². The summed E-state index contributed by atoms with van der Waals surface area (Å²) in [6, 6.07) is 9.72. The van der Waals surface area contributed by atoms with Crippen molar-refractivity contribution in [1.29, 1.82) is 0 Å². The number of methoxy groups -OCH3 is 1. The van der Waals surface area contributed by atoms with Gasteiger partial charge in [-0.25, -0.2) is 0 Å². The Balaban J connectivity index is 2.24. The first-order chi connectivity index (χ1) is 14.2. The van der Waals surface area contributed by atoms with E-state index in [0.717, 1.165) is 5.56 Å². The Morgan fingerprint density at radius 2 is 1.41 bits per heavy atom. The Morgan fingerprint density at radius 1 is 0.828 bits per heavy atom. The molecule has 154 valence electrons. The Kier molecular flexibility index (Phi) is 10.3. The van der Waals surface area contributed by atoms with E-state index in [1.165, 1.54) is 0 Å². The van der Waals surface area contributed by atoms with Gasteiger partial charge < -0.3 is 28.4 Å². The third kappa shape index (κ3) is 6.89. The fourth-order valence-corrected chi connectivity index (χ4v) is 3.06. The van der Waals surface area contributed by atoms with Crippen LogP contribution in [0.5, 0.6) is 0 Å². The molecule has 1 aromatic carbocycles. The zero-order chi connectivity index (χ0) is 20.9. The lowest BCUT2D eigenvalue weighted by atomic mass is 9.98. The third-order valence-corrected chi connectivity index (χ3v) is 4.26. The molecule has 0 aromatic heterocycles. The largest absolute Gasteiger partial charge is 0.382 e. The number of terminal acetylenes is 3. The van der Waals surface area contributed by atoms with Gasteiger partial charge in [0.2, 0.25) is 0 Å². The van der Waals surface area contributed by atoms with Gasteiger partial charge in [-0.05, 0) is 5.56 Å². The number of ether oxygens (including phenoxy) is 6. The molecule has 1 fully saturated rings. The van der Waals surface area contributed by atoms with Gasteiger partial charge in [-0.2, -0.15) is 0 Å². The summed E-state index contributed by atoms with van der Waals surface area (Å²) in [5, 5.41) is 0. The smallest absolute Gasteiger partial charge is 0.187 e. The van der Waals surface area contributed by atoms with Crippen LogP contribution < -0.4 is 0 Å². The number of hydrogen-bond donors (Lipinski definition) is 0. The van der Waals surface area contributed by atoms with Crippen LogP contribution in [0.1, 0.15) is 5.56 Å². The molecule has 1 saturated heterocycles. The summed E-state index contributed by atoms with van der Waals surface area (Å²) in [7, 11) is 1.57. The quantitative estimate of drug-likeness (QED) is 0.528. The maximum Gasteiger partial charge on any atom is 0.187 e. The van der Waals surface area contributed by atoms with Crippen LogP contribution in [0.15, 0.2) is 30.3 Å². The molecule has 6 nitrogen and oxygen atoms in total. The van der Waals surface area contributed by atoms with Gasteiger partial charge >= 0.3 is 0 Å². The fraction of sp³-hybridized carbons (Fsp3) is 0.478. The minimum absolute atomic E-state index is 0.0476. The topological polar surface area (TPSA) is 55.4 Å². The molecule has 1 aromatic rings. The lowest BCUT2D eigenvalue weighted by Crippen LogP contribution is -2.62. The first-order valence-electron chi connectivity index (χ1n) is 9.20. The Bertz CT molecular complexity index is 714. The van der Waals surface area contributed by atoms with Gasteiger partial charge in [-0.3, -0.25) is 0 Å². The van der Waals surface area contributed by atoms with Crippen molar-refractivity contribution >= 4 is 0 Å². The van der Waals surface area contributed by atoms with E-state index in [9.17, 15) is 0 Å².